The van der Waals surface area contributed by atoms with E-state index in [2.05, 4.69) is 8.37 Å². The predicted molar refractivity (Wildman–Crippen MR) is 106 cm³/mol. The molecule has 0 saturated carbocycles. The fourth-order valence-electron chi connectivity index (χ4n) is 2.58. The van der Waals surface area contributed by atoms with Crippen molar-refractivity contribution in [3.8, 4) is 11.1 Å². The second-order valence-electron chi connectivity index (χ2n) is 5.70. The van der Waals surface area contributed by atoms with Crippen LogP contribution in [0.1, 0.15) is 0 Å². The van der Waals surface area contributed by atoms with Crippen molar-refractivity contribution in [2.45, 2.75) is 19.6 Å². The summed E-state index contributed by atoms with van der Waals surface area (Å²) < 4.78 is 130. The van der Waals surface area contributed by atoms with Crippen LogP contribution in [0.4, 0.5) is 0 Å². The molecule has 0 aromatic heterocycles. The summed E-state index contributed by atoms with van der Waals surface area (Å²) in [4.78, 5) is -5.36. The molecule has 0 unspecified atom stereocenters. The van der Waals surface area contributed by atoms with Crippen LogP contribution in [0.15, 0.2) is 43.8 Å². The molecule has 0 amide bonds. The molecule has 0 aliphatic rings. The molecule has 20 heteroatoms. The topological polar surface area (TPSA) is 201 Å². The van der Waals surface area contributed by atoms with E-state index in [1.807, 2.05) is 0 Å². The third-order valence-electron chi connectivity index (χ3n) is 3.83. The van der Waals surface area contributed by atoms with Gasteiger partial charge in [0.15, 0.2) is 0 Å². The number of benzene rings is 2. The molecule has 0 saturated heterocycles. The maximum absolute atomic E-state index is 12.5. The summed E-state index contributed by atoms with van der Waals surface area (Å²) in [6.07, 6.45) is 0. The fraction of sp³-hybridized carbons (Fsp3) is 0.143. The zero-order valence-corrected chi connectivity index (χ0v) is 26.4. The van der Waals surface area contributed by atoms with Crippen LogP contribution >= 0.6 is 23.2 Å². The van der Waals surface area contributed by atoms with Gasteiger partial charge in [-0.15, -0.1) is 0 Å². The second-order valence-corrected chi connectivity index (χ2v) is 12.6. The third-order valence-corrected chi connectivity index (χ3v) is 8.58. The molecule has 0 spiro atoms. The van der Waals surface area contributed by atoms with E-state index in [0.29, 0.717) is 38.5 Å². The molecule has 0 heterocycles. The van der Waals surface area contributed by atoms with Crippen molar-refractivity contribution in [2.24, 2.45) is 0 Å². The van der Waals surface area contributed by atoms with Gasteiger partial charge in [-0.2, -0.15) is 16.8 Å². The maximum atomic E-state index is 12.5. The monoisotopic (exact) mass is 614 g/mol. The van der Waals surface area contributed by atoms with E-state index in [-0.39, 0.29) is 59.1 Å². The standard InChI is InChI=1S/C14H12Cl2O12S4.2Na/c1-27-31(23,24)11-5-7(15)3-9(29(17,18)19)13(11)14-10(30(20,21)22)4-8(16)6-12(14)32(25,26)28-2;;/h3-6H,1-2H3,(H,17,18,19)(H,20,21,22);;/q;2*+1/p-2. The van der Waals surface area contributed by atoms with Crippen molar-refractivity contribution in [2.75, 3.05) is 14.2 Å². The van der Waals surface area contributed by atoms with Gasteiger partial charge in [-0.25, -0.2) is 16.8 Å². The number of hydrogen-bond acceptors (Lipinski definition) is 12. The summed E-state index contributed by atoms with van der Waals surface area (Å²) in [5.74, 6) is 0. The Morgan fingerprint density at radius 3 is 1.03 bits per heavy atom. The first-order chi connectivity index (χ1) is 14.4. The number of hydrogen-bond donors (Lipinski definition) is 0. The largest absolute Gasteiger partial charge is 1.00 e. The average Bonchev–Trinajstić information content (AvgIpc) is 2.65. The van der Waals surface area contributed by atoms with E-state index in [1.54, 1.807) is 0 Å². The molecule has 34 heavy (non-hydrogen) atoms. The fourth-order valence-corrected chi connectivity index (χ4v) is 6.69. The first-order valence-corrected chi connectivity index (χ1v) is 14.0. The first kappa shape index (κ1) is 34.7. The summed E-state index contributed by atoms with van der Waals surface area (Å²) in [5, 5.41) is -1.26. The van der Waals surface area contributed by atoms with Crippen LogP contribution in [0.3, 0.4) is 0 Å². The van der Waals surface area contributed by atoms with Gasteiger partial charge in [0, 0.05) is 21.2 Å². The molecule has 0 aliphatic carbocycles. The predicted octanol–water partition coefficient (Wildman–Crippen LogP) is -4.85. The van der Waals surface area contributed by atoms with Gasteiger partial charge in [-0.3, -0.25) is 8.37 Å². The van der Waals surface area contributed by atoms with Crippen molar-refractivity contribution in [3.05, 3.63) is 34.3 Å². The Morgan fingerprint density at radius 1 is 0.588 bits per heavy atom. The molecule has 0 fully saturated rings. The summed E-state index contributed by atoms with van der Waals surface area (Å²) in [7, 11) is -20.0. The summed E-state index contributed by atoms with van der Waals surface area (Å²) in [6.45, 7) is 0. The molecule has 12 nitrogen and oxygen atoms in total. The molecule has 0 N–H and O–H groups in total. The van der Waals surface area contributed by atoms with Gasteiger partial charge in [-0.1, -0.05) is 23.2 Å². The van der Waals surface area contributed by atoms with Crippen LogP contribution in [0.5, 0.6) is 0 Å². The van der Waals surface area contributed by atoms with E-state index in [0.717, 1.165) is 0 Å². The minimum Gasteiger partial charge on any atom is -0.744 e. The Morgan fingerprint density at radius 2 is 0.824 bits per heavy atom. The van der Waals surface area contributed by atoms with Gasteiger partial charge in [0.2, 0.25) is 0 Å². The van der Waals surface area contributed by atoms with Crippen molar-refractivity contribution in [3.63, 3.8) is 0 Å². The van der Waals surface area contributed by atoms with E-state index in [4.69, 9.17) is 23.2 Å². The zero-order valence-electron chi connectivity index (χ0n) is 17.6. The van der Waals surface area contributed by atoms with E-state index in [1.165, 1.54) is 0 Å². The van der Waals surface area contributed by atoms with Gasteiger partial charge in [-0.05, 0) is 24.3 Å². The zero-order chi connectivity index (χ0) is 24.9. The molecule has 0 aliphatic heterocycles. The second kappa shape index (κ2) is 12.0. The average molecular weight is 615 g/mol. The van der Waals surface area contributed by atoms with E-state index < -0.39 is 81.2 Å². The maximum Gasteiger partial charge on any atom is 1.00 e. The molecule has 178 valence electrons. The van der Waals surface area contributed by atoms with Crippen molar-refractivity contribution >= 4 is 63.7 Å². The molecule has 2 aromatic carbocycles. The Labute approximate surface area is 250 Å². The van der Waals surface area contributed by atoms with Crippen LogP contribution in [0, 0.1) is 0 Å². The van der Waals surface area contributed by atoms with Crippen LogP contribution < -0.4 is 59.1 Å². The van der Waals surface area contributed by atoms with Gasteiger partial charge >= 0.3 is 59.1 Å². The van der Waals surface area contributed by atoms with Crippen LogP contribution in [0.2, 0.25) is 10.0 Å². The van der Waals surface area contributed by atoms with Crippen molar-refractivity contribution in [1.29, 1.82) is 0 Å². The minimum absolute atomic E-state index is 0. The first-order valence-electron chi connectivity index (χ1n) is 7.57. The van der Waals surface area contributed by atoms with Crippen LogP contribution in [-0.4, -0.2) is 57.0 Å². The smallest absolute Gasteiger partial charge is 0.744 e. The van der Waals surface area contributed by atoms with E-state index in [9.17, 15) is 42.8 Å². The van der Waals surface area contributed by atoms with E-state index >= 15 is 0 Å². The molecular formula is C14H10Cl2Na2O12S4. The molecule has 2 rings (SSSR count). The van der Waals surface area contributed by atoms with Gasteiger partial charge < -0.3 is 9.11 Å². The Balaban J connectivity index is 0.00000544. The molecule has 0 bridgehead atoms. The summed E-state index contributed by atoms with van der Waals surface area (Å²) >= 11 is 11.4. The van der Waals surface area contributed by atoms with Gasteiger partial charge in [0.05, 0.1) is 24.0 Å². The minimum atomic E-state index is -5.66. The molecule has 2 aromatic rings. The molecular weight excluding hydrogens is 605 g/mol. The SMILES string of the molecule is COS(=O)(=O)c1cc(Cl)cc(S(=O)(=O)[O-])c1-c1c(S(=O)(=O)[O-])cc(Cl)cc1S(=O)(=O)OC.[Na+].[Na+]. The van der Waals surface area contributed by atoms with Gasteiger partial charge in [0.1, 0.15) is 30.0 Å². The Kier molecular flexibility index (Phi) is 12.3. The Hall–Kier alpha value is 0.660. The molecule has 0 radical (unpaired) electrons. The summed E-state index contributed by atoms with van der Waals surface area (Å²) in [6, 6.07) is 1.99. The summed E-state index contributed by atoms with van der Waals surface area (Å²) in [5.41, 5.74) is -2.60. The van der Waals surface area contributed by atoms with Crippen molar-refractivity contribution in [1.82, 2.24) is 0 Å². The third kappa shape index (κ3) is 7.37. The normalized spacial score (nSPS) is 12.5. The van der Waals surface area contributed by atoms with Crippen molar-refractivity contribution < 1.29 is 110 Å². The quantitative estimate of drug-likeness (QED) is 0.164. The van der Waals surface area contributed by atoms with Crippen LogP contribution in [0.25, 0.3) is 11.1 Å². The molecule has 0 atom stereocenters. The Bertz CT molecular complexity index is 1420. The number of rotatable bonds is 7. The number of halogens is 2. The van der Waals surface area contributed by atoms with Crippen LogP contribution in [-0.2, 0) is 48.8 Å². The van der Waals surface area contributed by atoms with Gasteiger partial charge in [0.25, 0.3) is 20.2 Å².